The highest BCUT2D eigenvalue weighted by Crippen LogP contribution is 2.22. The van der Waals surface area contributed by atoms with Gasteiger partial charge in [0, 0.05) is 26.6 Å². The summed E-state index contributed by atoms with van der Waals surface area (Å²) in [6, 6.07) is 4.78. The average Bonchev–Trinajstić information content (AvgIpc) is 2.52. The Balaban J connectivity index is 2.13. The van der Waals surface area contributed by atoms with Crippen LogP contribution in [0.5, 0.6) is 0 Å². The molecule has 0 aromatic heterocycles. The van der Waals surface area contributed by atoms with Gasteiger partial charge in [0.25, 0.3) is 5.91 Å². The number of sulfonamides is 1. The lowest BCUT2D eigenvalue weighted by atomic mass is 9.99. The number of Topliss-reactive ketones (excluding diaryl/α,β-unsaturated/α-hetero) is 1. The van der Waals surface area contributed by atoms with Crippen molar-refractivity contribution in [1.29, 1.82) is 0 Å². The minimum Gasteiger partial charge on any atom is -0.393 e. The molecule has 1 aromatic carbocycles. The second-order valence-electron chi connectivity index (χ2n) is 6.00. The molecule has 1 aromatic rings. The van der Waals surface area contributed by atoms with Gasteiger partial charge in [-0.25, -0.2) is 13.1 Å². The first-order valence-electron chi connectivity index (χ1n) is 7.80. The molecule has 1 atom stereocenters. The zero-order valence-corrected chi connectivity index (χ0v) is 14.6. The van der Waals surface area contributed by atoms with Crippen molar-refractivity contribution in [2.75, 3.05) is 13.1 Å². The van der Waals surface area contributed by atoms with Gasteiger partial charge in [-0.15, -0.1) is 0 Å². The lowest BCUT2D eigenvalue weighted by Crippen LogP contribution is -2.39. The molecule has 0 fully saturated rings. The number of aliphatic hydroxyl groups is 1. The summed E-state index contributed by atoms with van der Waals surface area (Å²) in [6.07, 6.45) is 0.276. The molecular formula is C16H22N2O5S. The molecule has 2 rings (SSSR count). The van der Waals surface area contributed by atoms with Crippen LogP contribution in [0.2, 0.25) is 0 Å². The molecule has 1 amide bonds. The van der Waals surface area contributed by atoms with E-state index in [9.17, 15) is 23.1 Å². The highest BCUT2D eigenvalue weighted by molar-refractivity contribution is 7.89. The van der Waals surface area contributed by atoms with Gasteiger partial charge >= 0.3 is 0 Å². The van der Waals surface area contributed by atoms with E-state index in [0.717, 1.165) is 11.1 Å². The Kier molecular flexibility index (Phi) is 5.74. The summed E-state index contributed by atoms with van der Waals surface area (Å²) in [4.78, 5) is 24.6. The van der Waals surface area contributed by atoms with E-state index < -0.39 is 27.8 Å². The van der Waals surface area contributed by atoms with Crippen molar-refractivity contribution in [2.45, 2.75) is 44.2 Å². The first-order chi connectivity index (χ1) is 11.2. The maximum absolute atomic E-state index is 12.3. The summed E-state index contributed by atoms with van der Waals surface area (Å²) in [5, 5.41) is 9.20. The zero-order valence-electron chi connectivity index (χ0n) is 13.8. The Bertz CT molecular complexity index is 743. The molecule has 8 heteroatoms. The zero-order chi connectivity index (χ0) is 17.9. The predicted molar refractivity (Wildman–Crippen MR) is 87.7 cm³/mol. The molecule has 1 aliphatic rings. The molecule has 7 nitrogen and oxygen atoms in total. The Morgan fingerprint density at radius 3 is 2.67 bits per heavy atom. The number of rotatable bonds is 6. The van der Waals surface area contributed by atoms with Crippen LogP contribution in [0.4, 0.5) is 0 Å². The van der Waals surface area contributed by atoms with Gasteiger partial charge in [0.1, 0.15) is 0 Å². The number of amides is 1. The number of ketones is 1. The molecule has 0 aliphatic carbocycles. The van der Waals surface area contributed by atoms with Gasteiger partial charge in [0.15, 0.2) is 0 Å². The van der Waals surface area contributed by atoms with Crippen LogP contribution in [0.1, 0.15) is 31.4 Å². The van der Waals surface area contributed by atoms with Crippen LogP contribution in [0.25, 0.3) is 0 Å². The second kappa shape index (κ2) is 7.42. The van der Waals surface area contributed by atoms with Crippen LogP contribution in [-0.4, -0.2) is 49.3 Å². The Morgan fingerprint density at radius 1 is 1.33 bits per heavy atom. The molecule has 24 heavy (non-hydrogen) atoms. The fourth-order valence-corrected chi connectivity index (χ4v) is 3.68. The van der Waals surface area contributed by atoms with Crippen molar-refractivity contribution in [3.05, 3.63) is 29.3 Å². The third kappa shape index (κ3) is 4.40. The summed E-state index contributed by atoms with van der Waals surface area (Å²) < 4.78 is 27.0. The fraction of sp³-hybridized carbons (Fsp3) is 0.500. The third-order valence-electron chi connectivity index (χ3n) is 3.94. The predicted octanol–water partition coefficient (Wildman–Crippen LogP) is 0.210. The molecule has 0 spiro atoms. The van der Waals surface area contributed by atoms with Crippen molar-refractivity contribution >= 4 is 21.7 Å². The van der Waals surface area contributed by atoms with Gasteiger partial charge in [-0.05, 0) is 43.0 Å². The lowest BCUT2D eigenvalue weighted by Gasteiger charge is -2.28. The van der Waals surface area contributed by atoms with E-state index in [1.165, 1.54) is 17.9 Å². The van der Waals surface area contributed by atoms with E-state index in [4.69, 9.17) is 0 Å². The van der Waals surface area contributed by atoms with E-state index in [1.54, 1.807) is 19.1 Å². The van der Waals surface area contributed by atoms with Crippen LogP contribution in [0.3, 0.4) is 0 Å². The smallest absolute Gasteiger partial charge is 0.289 e. The maximum Gasteiger partial charge on any atom is 0.289 e. The second-order valence-corrected chi connectivity index (χ2v) is 7.77. The maximum atomic E-state index is 12.3. The Labute approximate surface area is 141 Å². The fourth-order valence-electron chi connectivity index (χ4n) is 2.58. The number of benzene rings is 1. The SMILES string of the molecule is CC(=O)C(=O)N1CCc2cc(S(=O)(=O)NCCC(C)O)ccc2C1. The molecule has 1 aliphatic heterocycles. The normalized spacial score (nSPS) is 15.7. The van der Waals surface area contributed by atoms with Gasteiger partial charge in [-0.3, -0.25) is 9.59 Å². The number of carbonyl (C=O) groups excluding carboxylic acids is 2. The summed E-state index contributed by atoms with van der Waals surface area (Å²) >= 11 is 0. The van der Waals surface area contributed by atoms with Gasteiger partial charge < -0.3 is 10.0 Å². The summed E-state index contributed by atoms with van der Waals surface area (Å²) in [7, 11) is -3.63. The van der Waals surface area contributed by atoms with Crippen molar-refractivity contribution in [1.82, 2.24) is 9.62 Å². The van der Waals surface area contributed by atoms with E-state index in [2.05, 4.69) is 4.72 Å². The van der Waals surface area contributed by atoms with Crippen LogP contribution < -0.4 is 4.72 Å². The monoisotopic (exact) mass is 354 g/mol. The average molecular weight is 354 g/mol. The number of hydrogen-bond donors (Lipinski definition) is 2. The van der Waals surface area contributed by atoms with Crippen LogP contribution in [0, 0.1) is 0 Å². The molecule has 0 bridgehead atoms. The Morgan fingerprint density at radius 2 is 2.04 bits per heavy atom. The highest BCUT2D eigenvalue weighted by Gasteiger charge is 2.24. The first-order valence-corrected chi connectivity index (χ1v) is 9.28. The van der Waals surface area contributed by atoms with Crippen molar-refractivity contribution < 1.29 is 23.1 Å². The molecule has 2 N–H and O–H groups in total. The van der Waals surface area contributed by atoms with Gasteiger partial charge in [0.2, 0.25) is 15.8 Å². The summed E-state index contributed by atoms with van der Waals surface area (Å²) in [5.41, 5.74) is 1.71. The van der Waals surface area contributed by atoms with Gasteiger partial charge in [-0.2, -0.15) is 0 Å². The molecule has 0 saturated heterocycles. The molecule has 0 saturated carbocycles. The number of fused-ring (bicyclic) bond motifs is 1. The van der Waals surface area contributed by atoms with E-state index in [1.807, 2.05) is 0 Å². The van der Waals surface area contributed by atoms with E-state index in [-0.39, 0.29) is 11.4 Å². The minimum absolute atomic E-state index is 0.165. The highest BCUT2D eigenvalue weighted by atomic mass is 32.2. The molecular weight excluding hydrogens is 332 g/mol. The number of aliphatic hydroxyl groups excluding tert-OH is 1. The molecule has 1 unspecified atom stereocenters. The quantitative estimate of drug-likeness (QED) is 0.711. The van der Waals surface area contributed by atoms with Gasteiger partial charge in [0.05, 0.1) is 11.0 Å². The van der Waals surface area contributed by atoms with E-state index in [0.29, 0.717) is 25.9 Å². The number of nitrogens with one attached hydrogen (secondary N) is 1. The molecule has 0 radical (unpaired) electrons. The molecule has 1 heterocycles. The largest absolute Gasteiger partial charge is 0.393 e. The first kappa shape index (κ1) is 18.6. The minimum atomic E-state index is -3.63. The van der Waals surface area contributed by atoms with Crippen LogP contribution >= 0.6 is 0 Å². The van der Waals surface area contributed by atoms with Crippen molar-refractivity contribution in [3.8, 4) is 0 Å². The topological polar surface area (TPSA) is 104 Å². The standard InChI is InChI=1S/C16H22N2O5S/c1-11(19)5-7-17-24(22,23)15-4-3-14-10-18(16(21)12(2)20)8-6-13(14)9-15/h3-4,9,11,17,19H,5-8,10H2,1-2H3. The van der Waals surface area contributed by atoms with Crippen molar-refractivity contribution in [2.24, 2.45) is 0 Å². The van der Waals surface area contributed by atoms with Crippen LogP contribution in [0.15, 0.2) is 23.1 Å². The molecule has 132 valence electrons. The lowest BCUT2D eigenvalue weighted by molar-refractivity contribution is -0.144. The third-order valence-corrected chi connectivity index (χ3v) is 5.40. The summed E-state index contributed by atoms with van der Waals surface area (Å²) in [6.45, 7) is 3.71. The number of nitrogens with zero attached hydrogens (tertiary/aromatic N) is 1. The summed E-state index contributed by atoms with van der Waals surface area (Å²) in [5.74, 6) is -1.02. The van der Waals surface area contributed by atoms with E-state index >= 15 is 0 Å². The number of hydrogen-bond acceptors (Lipinski definition) is 5. The van der Waals surface area contributed by atoms with Crippen molar-refractivity contribution in [3.63, 3.8) is 0 Å². The Hall–Kier alpha value is -1.77. The van der Waals surface area contributed by atoms with Crippen LogP contribution in [-0.2, 0) is 32.6 Å². The number of carbonyl (C=O) groups is 2. The van der Waals surface area contributed by atoms with Gasteiger partial charge in [-0.1, -0.05) is 6.07 Å².